The van der Waals surface area contributed by atoms with Crippen LogP contribution in [0, 0.1) is 15.5 Å². The van der Waals surface area contributed by atoms with Gasteiger partial charge >= 0.3 is 0 Å². The fraction of sp³-hybridized carbons (Fsp3) is 0.462. The molecule has 0 saturated carbocycles. The summed E-state index contributed by atoms with van der Waals surface area (Å²) in [5.41, 5.74) is -0.0565. The summed E-state index contributed by atoms with van der Waals surface area (Å²) in [6.45, 7) is 5.94. The van der Waals surface area contributed by atoms with Gasteiger partial charge in [-0.05, 0) is 17.5 Å². The lowest BCUT2D eigenvalue weighted by Crippen LogP contribution is -2.18. The lowest BCUT2D eigenvalue weighted by atomic mass is 9.90. The number of hydrogen-bond acceptors (Lipinski definition) is 4. The Hall–Kier alpha value is -1.91. The SMILES string of the molecule is CC(C)(C)CC(=O)COc1ccc([N+](=O)[O-])cc1. The number of nitro groups is 1. The Labute approximate surface area is 106 Å². The van der Waals surface area contributed by atoms with Crippen molar-refractivity contribution in [2.45, 2.75) is 27.2 Å². The third kappa shape index (κ3) is 4.95. The van der Waals surface area contributed by atoms with Gasteiger partial charge in [-0.2, -0.15) is 0 Å². The van der Waals surface area contributed by atoms with Crippen molar-refractivity contribution in [2.24, 2.45) is 5.41 Å². The molecular weight excluding hydrogens is 234 g/mol. The van der Waals surface area contributed by atoms with Gasteiger partial charge in [-0.25, -0.2) is 0 Å². The monoisotopic (exact) mass is 251 g/mol. The summed E-state index contributed by atoms with van der Waals surface area (Å²) in [7, 11) is 0. The maximum absolute atomic E-state index is 11.6. The number of ether oxygens (including phenoxy) is 1. The Kier molecular flexibility index (Phi) is 4.42. The van der Waals surface area contributed by atoms with Crippen LogP contribution in [0.15, 0.2) is 24.3 Å². The molecule has 0 aromatic heterocycles. The number of Topliss-reactive ketones (excluding diaryl/α,β-unsaturated/α-hetero) is 1. The number of carbonyl (C=O) groups excluding carboxylic acids is 1. The zero-order chi connectivity index (χ0) is 13.8. The fourth-order valence-corrected chi connectivity index (χ4v) is 1.47. The van der Waals surface area contributed by atoms with Crippen molar-refractivity contribution in [3.8, 4) is 5.75 Å². The van der Waals surface area contributed by atoms with E-state index in [-0.39, 0.29) is 23.5 Å². The first-order valence-electron chi connectivity index (χ1n) is 5.67. The Bertz CT molecular complexity index is 431. The summed E-state index contributed by atoms with van der Waals surface area (Å²) in [5.74, 6) is 0.476. The fourth-order valence-electron chi connectivity index (χ4n) is 1.47. The molecule has 0 bridgehead atoms. The second kappa shape index (κ2) is 5.62. The molecular formula is C13H17NO4. The van der Waals surface area contributed by atoms with E-state index < -0.39 is 4.92 Å². The molecule has 0 saturated heterocycles. The summed E-state index contributed by atoms with van der Waals surface area (Å²) in [6, 6.07) is 5.68. The van der Waals surface area contributed by atoms with E-state index in [1.54, 1.807) is 0 Å². The molecule has 0 aliphatic carbocycles. The van der Waals surface area contributed by atoms with E-state index in [0.29, 0.717) is 12.2 Å². The molecule has 0 aliphatic rings. The topological polar surface area (TPSA) is 69.4 Å². The van der Waals surface area contributed by atoms with Gasteiger partial charge < -0.3 is 4.74 Å². The summed E-state index contributed by atoms with van der Waals surface area (Å²) in [6.07, 6.45) is 0.444. The van der Waals surface area contributed by atoms with Gasteiger partial charge in [-0.1, -0.05) is 20.8 Å². The molecule has 0 fully saturated rings. The summed E-state index contributed by atoms with van der Waals surface area (Å²) < 4.78 is 5.28. The summed E-state index contributed by atoms with van der Waals surface area (Å²) in [5, 5.41) is 10.4. The number of ketones is 1. The van der Waals surface area contributed by atoms with Crippen LogP contribution in [0.2, 0.25) is 0 Å². The molecule has 0 radical (unpaired) electrons. The smallest absolute Gasteiger partial charge is 0.269 e. The van der Waals surface area contributed by atoms with Crippen LogP contribution in [0.25, 0.3) is 0 Å². The normalized spacial score (nSPS) is 11.1. The molecule has 1 rings (SSSR count). The van der Waals surface area contributed by atoms with Gasteiger partial charge in [0.05, 0.1) is 4.92 Å². The van der Waals surface area contributed by atoms with Crippen molar-refractivity contribution < 1.29 is 14.5 Å². The van der Waals surface area contributed by atoms with Gasteiger partial charge in [0.25, 0.3) is 5.69 Å². The Balaban J connectivity index is 2.49. The van der Waals surface area contributed by atoms with E-state index >= 15 is 0 Å². The lowest BCUT2D eigenvalue weighted by molar-refractivity contribution is -0.384. The van der Waals surface area contributed by atoms with Crippen LogP contribution in [0.5, 0.6) is 5.75 Å². The van der Waals surface area contributed by atoms with Crippen LogP contribution in [-0.2, 0) is 4.79 Å². The van der Waals surface area contributed by atoms with Gasteiger partial charge in [0.15, 0.2) is 5.78 Å². The standard InChI is InChI=1S/C13H17NO4/c1-13(2,3)8-11(15)9-18-12-6-4-10(5-7-12)14(16)17/h4-7H,8-9H2,1-3H3. The van der Waals surface area contributed by atoms with E-state index in [0.717, 1.165) is 0 Å². The van der Waals surface area contributed by atoms with E-state index in [2.05, 4.69) is 0 Å². The molecule has 0 N–H and O–H groups in total. The van der Waals surface area contributed by atoms with Crippen LogP contribution in [0.4, 0.5) is 5.69 Å². The summed E-state index contributed by atoms with van der Waals surface area (Å²) >= 11 is 0. The zero-order valence-corrected chi connectivity index (χ0v) is 10.8. The average molecular weight is 251 g/mol. The molecule has 5 nitrogen and oxygen atoms in total. The minimum absolute atomic E-state index is 0.00312. The number of nitro benzene ring substituents is 1. The maximum atomic E-state index is 11.6. The maximum Gasteiger partial charge on any atom is 0.269 e. The third-order valence-corrected chi connectivity index (χ3v) is 2.17. The highest BCUT2D eigenvalue weighted by Gasteiger charge is 2.16. The minimum atomic E-state index is -0.478. The number of benzene rings is 1. The average Bonchev–Trinajstić information content (AvgIpc) is 2.24. The van der Waals surface area contributed by atoms with Crippen molar-refractivity contribution in [1.29, 1.82) is 0 Å². The van der Waals surface area contributed by atoms with Gasteiger partial charge in [-0.15, -0.1) is 0 Å². The quantitative estimate of drug-likeness (QED) is 0.596. The number of hydrogen-bond donors (Lipinski definition) is 0. The molecule has 0 spiro atoms. The van der Waals surface area contributed by atoms with Crippen molar-refractivity contribution in [3.05, 3.63) is 34.4 Å². The van der Waals surface area contributed by atoms with Gasteiger partial charge in [0, 0.05) is 18.6 Å². The first-order valence-corrected chi connectivity index (χ1v) is 5.67. The Morgan fingerprint density at radius 3 is 2.28 bits per heavy atom. The summed E-state index contributed by atoms with van der Waals surface area (Å²) in [4.78, 5) is 21.5. The lowest BCUT2D eigenvalue weighted by Gasteiger charge is -2.16. The van der Waals surface area contributed by atoms with Crippen molar-refractivity contribution in [3.63, 3.8) is 0 Å². The van der Waals surface area contributed by atoms with Crippen molar-refractivity contribution in [1.82, 2.24) is 0 Å². The number of non-ortho nitro benzene ring substituents is 1. The highest BCUT2D eigenvalue weighted by atomic mass is 16.6. The highest BCUT2D eigenvalue weighted by molar-refractivity contribution is 5.80. The van der Waals surface area contributed by atoms with E-state index in [9.17, 15) is 14.9 Å². The van der Waals surface area contributed by atoms with Crippen molar-refractivity contribution in [2.75, 3.05) is 6.61 Å². The molecule has 1 aromatic rings. The van der Waals surface area contributed by atoms with Crippen LogP contribution in [-0.4, -0.2) is 17.3 Å². The van der Waals surface area contributed by atoms with Crippen LogP contribution in [0.3, 0.4) is 0 Å². The van der Waals surface area contributed by atoms with Crippen LogP contribution < -0.4 is 4.74 Å². The third-order valence-electron chi connectivity index (χ3n) is 2.17. The Morgan fingerprint density at radius 2 is 1.83 bits per heavy atom. The van der Waals surface area contributed by atoms with E-state index in [1.165, 1.54) is 24.3 Å². The minimum Gasteiger partial charge on any atom is -0.486 e. The number of nitrogens with zero attached hydrogens (tertiary/aromatic N) is 1. The molecule has 98 valence electrons. The van der Waals surface area contributed by atoms with Gasteiger partial charge in [0.2, 0.25) is 0 Å². The molecule has 0 atom stereocenters. The first-order chi connectivity index (χ1) is 8.28. The molecule has 0 heterocycles. The van der Waals surface area contributed by atoms with Gasteiger partial charge in [-0.3, -0.25) is 14.9 Å². The molecule has 0 amide bonds. The molecule has 18 heavy (non-hydrogen) atoms. The predicted octanol–water partition coefficient (Wildman–Crippen LogP) is 2.98. The second-order valence-electron chi connectivity index (χ2n) is 5.32. The number of carbonyl (C=O) groups is 1. The van der Waals surface area contributed by atoms with Crippen LogP contribution >= 0.6 is 0 Å². The first kappa shape index (κ1) is 14.2. The highest BCUT2D eigenvalue weighted by Crippen LogP contribution is 2.20. The zero-order valence-electron chi connectivity index (χ0n) is 10.8. The van der Waals surface area contributed by atoms with E-state index in [1.807, 2.05) is 20.8 Å². The van der Waals surface area contributed by atoms with E-state index in [4.69, 9.17) is 4.74 Å². The predicted molar refractivity (Wildman–Crippen MR) is 67.7 cm³/mol. The van der Waals surface area contributed by atoms with Crippen molar-refractivity contribution >= 4 is 11.5 Å². The van der Waals surface area contributed by atoms with Crippen LogP contribution in [0.1, 0.15) is 27.2 Å². The molecule has 5 heteroatoms. The van der Waals surface area contributed by atoms with Gasteiger partial charge in [0.1, 0.15) is 12.4 Å². The number of rotatable bonds is 5. The molecule has 0 aliphatic heterocycles. The molecule has 1 aromatic carbocycles. The largest absolute Gasteiger partial charge is 0.486 e. The second-order valence-corrected chi connectivity index (χ2v) is 5.32. The molecule has 0 unspecified atom stereocenters. The Morgan fingerprint density at radius 1 is 1.28 bits per heavy atom.